The molecule has 2 atom stereocenters. The fourth-order valence-electron chi connectivity index (χ4n) is 2.73. The molecule has 2 amide bonds. The summed E-state index contributed by atoms with van der Waals surface area (Å²) < 4.78 is 27.3. The van der Waals surface area contributed by atoms with Crippen LogP contribution in [0.25, 0.3) is 0 Å². The van der Waals surface area contributed by atoms with Gasteiger partial charge in [-0.1, -0.05) is 0 Å². The minimum Gasteiger partial charge on any atom is -0.340 e. The van der Waals surface area contributed by atoms with Crippen molar-refractivity contribution < 1.29 is 18.0 Å². The Balaban J connectivity index is 0.00000338. The molecule has 1 aliphatic heterocycles. The minimum atomic E-state index is -3.83. The second-order valence-electron chi connectivity index (χ2n) is 6.14. The molecule has 1 aromatic carbocycles. The van der Waals surface area contributed by atoms with Crippen LogP contribution in [0, 0.1) is 0 Å². The fourth-order valence-corrected chi connectivity index (χ4v) is 3.92. The Hall–Kier alpha value is -1.68. The molecular weight excluding hydrogens is 380 g/mol. The molecule has 0 bridgehead atoms. The molecule has 2 rings (SSSR count). The van der Waals surface area contributed by atoms with Crippen LogP contribution in [0.5, 0.6) is 0 Å². The number of likely N-dealkylation sites (N-methyl/N-ethyl adjacent to an activating group) is 1. The van der Waals surface area contributed by atoms with Crippen LogP contribution in [0.4, 0.5) is 5.69 Å². The Kier molecular flexibility index (Phi) is 8.01. The number of rotatable bonds is 6. The zero-order valence-electron chi connectivity index (χ0n) is 15.0. The first-order chi connectivity index (χ1) is 11.7. The van der Waals surface area contributed by atoms with E-state index < -0.39 is 16.1 Å². The first-order valence-electron chi connectivity index (χ1n) is 8.08. The maximum Gasteiger partial charge on any atom is 0.241 e. The van der Waals surface area contributed by atoms with E-state index in [1.807, 2.05) is 0 Å². The van der Waals surface area contributed by atoms with Gasteiger partial charge in [-0.05, 0) is 44.2 Å². The summed E-state index contributed by atoms with van der Waals surface area (Å²) in [7, 11) is -2.15. The number of nitrogens with zero attached hydrogens (tertiary/aromatic N) is 1. The third kappa shape index (κ3) is 5.66. The van der Waals surface area contributed by atoms with E-state index in [-0.39, 0.29) is 35.2 Å². The van der Waals surface area contributed by atoms with Crippen molar-refractivity contribution in [2.45, 2.75) is 37.2 Å². The highest BCUT2D eigenvalue weighted by Crippen LogP contribution is 2.15. The summed E-state index contributed by atoms with van der Waals surface area (Å²) >= 11 is 0. The number of sulfonamides is 1. The summed E-state index contributed by atoms with van der Waals surface area (Å²) in [5, 5.41) is 5.75. The van der Waals surface area contributed by atoms with Crippen LogP contribution in [-0.2, 0) is 19.6 Å². The number of anilines is 1. The maximum absolute atomic E-state index is 12.4. The van der Waals surface area contributed by atoms with Crippen molar-refractivity contribution in [3.63, 3.8) is 0 Å². The SMILES string of the molecule is CC(=O)Nc1ccc(S(=O)(=O)NC(C)C(=O)N(C)C2CCNC2)cc1.Cl. The van der Waals surface area contributed by atoms with E-state index in [9.17, 15) is 18.0 Å². The van der Waals surface area contributed by atoms with Gasteiger partial charge in [0.05, 0.1) is 10.9 Å². The van der Waals surface area contributed by atoms with Gasteiger partial charge in [0.15, 0.2) is 0 Å². The Morgan fingerprint density at radius 3 is 2.38 bits per heavy atom. The lowest BCUT2D eigenvalue weighted by atomic mass is 10.2. The summed E-state index contributed by atoms with van der Waals surface area (Å²) in [6.45, 7) is 4.47. The van der Waals surface area contributed by atoms with Crippen molar-refractivity contribution in [1.29, 1.82) is 0 Å². The Morgan fingerprint density at radius 2 is 1.88 bits per heavy atom. The molecule has 8 nitrogen and oxygen atoms in total. The van der Waals surface area contributed by atoms with Crippen LogP contribution in [0.1, 0.15) is 20.3 Å². The summed E-state index contributed by atoms with van der Waals surface area (Å²) in [6.07, 6.45) is 0.853. The van der Waals surface area contributed by atoms with Crippen molar-refractivity contribution >= 4 is 39.9 Å². The first-order valence-corrected chi connectivity index (χ1v) is 9.56. The van der Waals surface area contributed by atoms with E-state index >= 15 is 0 Å². The van der Waals surface area contributed by atoms with Gasteiger partial charge in [0, 0.05) is 32.2 Å². The normalized spacial score (nSPS) is 17.9. The van der Waals surface area contributed by atoms with Gasteiger partial charge >= 0.3 is 0 Å². The first kappa shape index (κ1) is 22.4. The monoisotopic (exact) mass is 404 g/mol. The third-order valence-corrected chi connectivity index (χ3v) is 5.67. The van der Waals surface area contributed by atoms with E-state index in [4.69, 9.17) is 0 Å². The lowest BCUT2D eigenvalue weighted by molar-refractivity contribution is -0.133. The standard InChI is InChI=1S/C16H24N4O4S.ClH/c1-11(16(22)20(3)14-8-9-17-10-14)19-25(23,24)15-6-4-13(5-7-15)18-12(2)21;/h4-7,11,14,17,19H,8-10H2,1-3H3,(H,18,21);1H. The summed E-state index contributed by atoms with van der Waals surface area (Å²) in [5.41, 5.74) is 0.504. The van der Waals surface area contributed by atoms with Crippen molar-refractivity contribution in [3.8, 4) is 0 Å². The van der Waals surface area contributed by atoms with Crippen molar-refractivity contribution in [1.82, 2.24) is 14.9 Å². The van der Waals surface area contributed by atoms with Gasteiger partial charge in [0.2, 0.25) is 21.8 Å². The second kappa shape index (κ2) is 9.31. The number of carbonyl (C=O) groups is 2. The second-order valence-corrected chi connectivity index (χ2v) is 7.86. The third-order valence-electron chi connectivity index (χ3n) is 4.12. The molecule has 0 spiro atoms. The smallest absolute Gasteiger partial charge is 0.241 e. The van der Waals surface area contributed by atoms with Crippen LogP contribution in [0.3, 0.4) is 0 Å². The number of hydrogen-bond donors (Lipinski definition) is 3. The lowest BCUT2D eigenvalue weighted by Gasteiger charge is -2.27. The van der Waals surface area contributed by atoms with Crippen LogP contribution in [0.15, 0.2) is 29.2 Å². The predicted octanol–water partition coefficient (Wildman–Crippen LogP) is 0.554. The molecule has 146 valence electrons. The molecule has 1 heterocycles. The molecule has 1 aliphatic rings. The molecule has 2 unspecified atom stereocenters. The molecule has 0 saturated carbocycles. The molecule has 1 aromatic rings. The Bertz CT molecular complexity index is 733. The zero-order valence-corrected chi connectivity index (χ0v) is 16.6. The molecule has 1 fully saturated rings. The van der Waals surface area contributed by atoms with Gasteiger partial charge in [0.25, 0.3) is 0 Å². The van der Waals surface area contributed by atoms with Crippen LogP contribution < -0.4 is 15.4 Å². The summed E-state index contributed by atoms with van der Waals surface area (Å²) in [4.78, 5) is 25.1. The van der Waals surface area contributed by atoms with Crippen molar-refractivity contribution in [2.75, 3.05) is 25.5 Å². The van der Waals surface area contributed by atoms with Crippen molar-refractivity contribution in [2.24, 2.45) is 0 Å². The number of hydrogen-bond acceptors (Lipinski definition) is 5. The average Bonchev–Trinajstić information content (AvgIpc) is 3.07. The van der Waals surface area contributed by atoms with E-state index in [1.165, 1.54) is 38.1 Å². The number of benzene rings is 1. The summed E-state index contributed by atoms with van der Waals surface area (Å²) in [6, 6.07) is 4.98. The molecule has 3 N–H and O–H groups in total. The van der Waals surface area contributed by atoms with E-state index in [2.05, 4.69) is 15.4 Å². The van der Waals surface area contributed by atoms with Crippen LogP contribution >= 0.6 is 12.4 Å². The lowest BCUT2D eigenvalue weighted by Crippen LogP contribution is -2.49. The molecule has 0 aromatic heterocycles. The van der Waals surface area contributed by atoms with E-state index in [0.29, 0.717) is 12.2 Å². The number of halogens is 1. The van der Waals surface area contributed by atoms with Gasteiger partial charge in [-0.25, -0.2) is 8.42 Å². The summed E-state index contributed by atoms with van der Waals surface area (Å²) in [5.74, 6) is -0.510. The molecule has 26 heavy (non-hydrogen) atoms. The molecule has 10 heteroatoms. The van der Waals surface area contributed by atoms with E-state index in [1.54, 1.807) is 11.9 Å². The zero-order chi connectivity index (χ0) is 18.6. The van der Waals surface area contributed by atoms with Gasteiger partial charge in [-0.2, -0.15) is 4.72 Å². The van der Waals surface area contributed by atoms with Crippen LogP contribution in [-0.4, -0.2) is 57.4 Å². The molecule has 0 aliphatic carbocycles. The largest absolute Gasteiger partial charge is 0.340 e. The highest BCUT2D eigenvalue weighted by atomic mass is 35.5. The number of amides is 2. The molecule has 1 saturated heterocycles. The van der Waals surface area contributed by atoms with Gasteiger partial charge in [-0.3, -0.25) is 9.59 Å². The Labute approximate surface area is 160 Å². The fraction of sp³-hybridized carbons (Fsp3) is 0.500. The minimum absolute atomic E-state index is 0. The van der Waals surface area contributed by atoms with E-state index in [0.717, 1.165) is 13.0 Å². The highest BCUT2D eigenvalue weighted by molar-refractivity contribution is 7.89. The number of carbonyl (C=O) groups excluding carboxylic acids is 2. The van der Waals surface area contributed by atoms with Gasteiger partial charge in [-0.15, -0.1) is 12.4 Å². The topological polar surface area (TPSA) is 108 Å². The van der Waals surface area contributed by atoms with Crippen molar-refractivity contribution in [3.05, 3.63) is 24.3 Å². The maximum atomic E-state index is 12.4. The Morgan fingerprint density at radius 1 is 1.27 bits per heavy atom. The highest BCUT2D eigenvalue weighted by Gasteiger charge is 2.29. The molecular formula is C16H25ClN4O4S. The number of nitrogens with one attached hydrogen (secondary N) is 3. The van der Waals surface area contributed by atoms with Gasteiger partial charge in [0.1, 0.15) is 0 Å². The predicted molar refractivity (Wildman–Crippen MR) is 102 cm³/mol. The average molecular weight is 405 g/mol. The molecule has 0 radical (unpaired) electrons. The van der Waals surface area contributed by atoms with Gasteiger partial charge < -0.3 is 15.5 Å². The quantitative estimate of drug-likeness (QED) is 0.642. The van der Waals surface area contributed by atoms with Crippen LogP contribution in [0.2, 0.25) is 0 Å².